The second-order valence-electron chi connectivity index (χ2n) is 5.22. The fourth-order valence-electron chi connectivity index (χ4n) is 1.60. The molecule has 0 saturated carbocycles. The van der Waals surface area contributed by atoms with Crippen molar-refractivity contribution >= 4 is 11.8 Å². The minimum atomic E-state index is -0.653. The Bertz CT molecular complexity index is 312. The van der Waals surface area contributed by atoms with E-state index in [0.29, 0.717) is 26.3 Å². The Morgan fingerprint density at radius 3 is 2.44 bits per heavy atom. The summed E-state index contributed by atoms with van der Waals surface area (Å²) >= 11 is 0. The topological polar surface area (TPSA) is 84.7 Å². The van der Waals surface area contributed by atoms with Crippen LogP contribution in [0.15, 0.2) is 0 Å². The number of hydrogen-bond acceptors (Lipinski definition) is 4. The van der Waals surface area contributed by atoms with Gasteiger partial charge in [0.1, 0.15) is 6.04 Å². The van der Waals surface area contributed by atoms with Gasteiger partial charge < -0.3 is 20.7 Å². The van der Waals surface area contributed by atoms with E-state index >= 15 is 0 Å². The highest BCUT2D eigenvalue weighted by Crippen LogP contribution is 2.13. The molecule has 18 heavy (non-hydrogen) atoms. The van der Waals surface area contributed by atoms with Crippen molar-refractivity contribution in [1.82, 2.24) is 10.2 Å². The highest BCUT2D eigenvalue weighted by atomic mass is 16.5. The average molecular weight is 257 g/mol. The molecule has 0 aromatic carbocycles. The van der Waals surface area contributed by atoms with Crippen molar-refractivity contribution in [2.24, 2.45) is 11.1 Å². The van der Waals surface area contributed by atoms with Crippen LogP contribution in [0.25, 0.3) is 0 Å². The summed E-state index contributed by atoms with van der Waals surface area (Å²) < 4.78 is 5.18. The predicted molar refractivity (Wildman–Crippen MR) is 67.8 cm³/mol. The molecule has 1 aliphatic rings. The minimum absolute atomic E-state index is 0.0699. The van der Waals surface area contributed by atoms with Gasteiger partial charge in [0.25, 0.3) is 0 Å². The van der Waals surface area contributed by atoms with Crippen LogP contribution < -0.4 is 11.1 Å². The van der Waals surface area contributed by atoms with E-state index in [4.69, 9.17) is 10.5 Å². The highest BCUT2D eigenvalue weighted by Gasteiger charge is 2.30. The highest BCUT2D eigenvalue weighted by molar-refractivity contribution is 5.89. The van der Waals surface area contributed by atoms with Crippen LogP contribution in [0, 0.1) is 5.41 Å². The SMILES string of the molecule is CC(NC(=O)C(C)(C)CN)C(=O)N1CCOCC1. The summed E-state index contributed by atoms with van der Waals surface area (Å²) in [6.07, 6.45) is 0. The normalized spacial score (nSPS) is 18.3. The molecule has 0 aromatic heterocycles. The largest absolute Gasteiger partial charge is 0.378 e. The van der Waals surface area contributed by atoms with Gasteiger partial charge in [0, 0.05) is 19.6 Å². The molecule has 1 saturated heterocycles. The summed E-state index contributed by atoms with van der Waals surface area (Å²) in [5.41, 5.74) is 4.88. The quantitative estimate of drug-likeness (QED) is 0.700. The van der Waals surface area contributed by atoms with Crippen LogP contribution in [0.4, 0.5) is 0 Å². The van der Waals surface area contributed by atoms with E-state index < -0.39 is 11.5 Å². The molecule has 6 nitrogen and oxygen atoms in total. The molecular weight excluding hydrogens is 234 g/mol. The molecule has 0 spiro atoms. The Labute approximate surface area is 108 Å². The fraction of sp³-hybridized carbons (Fsp3) is 0.833. The van der Waals surface area contributed by atoms with E-state index in [9.17, 15) is 9.59 Å². The Hall–Kier alpha value is -1.14. The lowest BCUT2D eigenvalue weighted by molar-refractivity contribution is -0.141. The third-order valence-corrected chi connectivity index (χ3v) is 3.17. The van der Waals surface area contributed by atoms with Gasteiger partial charge in [-0.05, 0) is 20.8 Å². The molecule has 1 atom stereocenters. The molecule has 6 heteroatoms. The molecule has 1 rings (SSSR count). The Morgan fingerprint density at radius 2 is 1.94 bits per heavy atom. The first-order valence-corrected chi connectivity index (χ1v) is 6.26. The molecule has 3 N–H and O–H groups in total. The van der Waals surface area contributed by atoms with Gasteiger partial charge in [-0.25, -0.2) is 0 Å². The molecule has 0 aromatic rings. The monoisotopic (exact) mass is 257 g/mol. The van der Waals surface area contributed by atoms with Crippen molar-refractivity contribution in [2.75, 3.05) is 32.8 Å². The van der Waals surface area contributed by atoms with Crippen LogP contribution in [0.1, 0.15) is 20.8 Å². The van der Waals surface area contributed by atoms with Crippen molar-refractivity contribution in [3.05, 3.63) is 0 Å². The predicted octanol–water partition coefficient (Wildman–Crippen LogP) is -0.665. The number of amides is 2. The molecule has 1 aliphatic heterocycles. The molecule has 0 bridgehead atoms. The average Bonchev–Trinajstić information content (AvgIpc) is 2.38. The molecule has 1 heterocycles. The van der Waals surface area contributed by atoms with Gasteiger partial charge in [-0.15, -0.1) is 0 Å². The van der Waals surface area contributed by atoms with Gasteiger partial charge in [0.05, 0.1) is 18.6 Å². The van der Waals surface area contributed by atoms with E-state index in [1.807, 2.05) is 0 Å². The summed E-state index contributed by atoms with van der Waals surface area (Å²) in [6.45, 7) is 7.74. The zero-order chi connectivity index (χ0) is 13.8. The molecular formula is C12H23N3O3. The summed E-state index contributed by atoms with van der Waals surface area (Å²) in [4.78, 5) is 25.7. The zero-order valence-corrected chi connectivity index (χ0v) is 11.4. The second kappa shape index (κ2) is 6.15. The first kappa shape index (κ1) is 14.9. The van der Waals surface area contributed by atoms with Gasteiger partial charge in [-0.1, -0.05) is 0 Å². The molecule has 1 unspecified atom stereocenters. The second-order valence-corrected chi connectivity index (χ2v) is 5.22. The third-order valence-electron chi connectivity index (χ3n) is 3.17. The molecule has 0 radical (unpaired) electrons. The van der Waals surface area contributed by atoms with Crippen LogP contribution in [0.3, 0.4) is 0 Å². The maximum Gasteiger partial charge on any atom is 0.245 e. The standard InChI is InChI=1S/C12H23N3O3/c1-9(14-11(17)12(2,3)8-13)10(16)15-4-6-18-7-5-15/h9H,4-8,13H2,1-3H3,(H,14,17). The smallest absolute Gasteiger partial charge is 0.245 e. The maximum atomic E-state index is 12.1. The van der Waals surface area contributed by atoms with E-state index in [-0.39, 0.29) is 18.4 Å². The van der Waals surface area contributed by atoms with E-state index in [0.717, 1.165) is 0 Å². The van der Waals surface area contributed by atoms with E-state index in [1.54, 1.807) is 25.7 Å². The number of carbonyl (C=O) groups excluding carboxylic acids is 2. The Morgan fingerprint density at radius 1 is 1.39 bits per heavy atom. The van der Waals surface area contributed by atoms with Gasteiger partial charge >= 0.3 is 0 Å². The number of rotatable bonds is 4. The summed E-state index contributed by atoms with van der Waals surface area (Å²) in [5.74, 6) is -0.265. The van der Waals surface area contributed by atoms with Crippen molar-refractivity contribution in [2.45, 2.75) is 26.8 Å². The number of carbonyl (C=O) groups is 2. The van der Waals surface area contributed by atoms with Crippen LogP contribution in [0.5, 0.6) is 0 Å². The number of ether oxygens (including phenoxy) is 1. The molecule has 2 amide bonds. The Balaban J connectivity index is 2.51. The van der Waals surface area contributed by atoms with Crippen molar-refractivity contribution in [3.8, 4) is 0 Å². The lowest BCUT2D eigenvalue weighted by atomic mass is 9.92. The van der Waals surface area contributed by atoms with Gasteiger partial charge in [0.15, 0.2) is 0 Å². The first-order valence-electron chi connectivity index (χ1n) is 6.26. The minimum Gasteiger partial charge on any atom is -0.378 e. The van der Waals surface area contributed by atoms with Crippen LogP contribution in [-0.2, 0) is 14.3 Å². The number of nitrogens with two attached hydrogens (primary N) is 1. The van der Waals surface area contributed by atoms with E-state index in [1.165, 1.54) is 0 Å². The summed E-state index contributed by atoms with van der Waals surface area (Å²) in [5, 5.41) is 2.72. The molecule has 104 valence electrons. The van der Waals surface area contributed by atoms with Gasteiger partial charge in [-0.3, -0.25) is 9.59 Å². The summed E-state index contributed by atoms with van der Waals surface area (Å²) in [7, 11) is 0. The van der Waals surface area contributed by atoms with Crippen LogP contribution in [-0.4, -0.2) is 55.6 Å². The fourth-order valence-corrected chi connectivity index (χ4v) is 1.60. The number of morpholine rings is 1. The van der Waals surface area contributed by atoms with Crippen LogP contribution >= 0.6 is 0 Å². The Kier molecular flexibility index (Phi) is 5.10. The summed E-state index contributed by atoms with van der Waals surface area (Å²) in [6, 6.07) is -0.526. The maximum absolute atomic E-state index is 12.1. The van der Waals surface area contributed by atoms with Crippen molar-refractivity contribution in [3.63, 3.8) is 0 Å². The van der Waals surface area contributed by atoms with Crippen molar-refractivity contribution in [1.29, 1.82) is 0 Å². The molecule has 1 fully saturated rings. The lowest BCUT2D eigenvalue weighted by Gasteiger charge is -2.31. The zero-order valence-electron chi connectivity index (χ0n) is 11.4. The van der Waals surface area contributed by atoms with E-state index in [2.05, 4.69) is 5.32 Å². The number of nitrogens with zero attached hydrogens (tertiary/aromatic N) is 1. The number of nitrogens with one attached hydrogen (secondary N) is 1. The van der Waals surface area contributed by atoms with Gasteiger partial charge in [0.2, 0.25) is 11.8 Å². The van der Waals surface area contributed by atoms with Crippen molar-refractivity contribution < 1.29 is 14.3 Å². The third kappa shape index (κ3) is 3.68. The van der Waals surface area contributed by atoms with Crippen LogP contribution in [0.2, 0.25) is 0 Å². The first-order chi connectivity index (χ1) is 8.38. The van der Waals surface area contributed by atoms with Gasteiger partial charge in [-0.2, -0.15) is 0 Å². The molecule has 0 aliphatic carbocycles. The lowest BCUT2D eigenvalue weighted by Crippen LogP contribution is -2.53. The number of hydrogen-bond donors (Lipinski definition) is 2.